The fraction of sp³-hybridized carbons (Fsp3) is 0.0741. The maximum atomic E-state index is 13.9. The van der Waals surface area contributed by atoms with Crippen molar-refractivity contribution in [1.82, 2.24) is 10.3 Å². The molecule has 0 unspecified atom stereocenters. The zero-order valence-corrected chi connectivity index (χ0v) is 18.1. The first-order valence-corrected chi connectivity index (χ1v) is 10.6. The Morgan fingerprint density at radius 1 is 0.939 bits per heavy atom. The predicted molar refractivity (Wildman–Crippen MR) is 131 cm³/mol. The molecule has 1 heterocycles. The summed E-state index contributed by atoms with van der Waals surface area (Å²) in [4.78, 5) is 15.8. The van der Waals surface area contributed by atoms with Gasteiger partial charge in [0.25, 0.3) is 5.56 Å². The lowest BCUT2D eigenvalue weighted by Gasteiger charge is -2.23. The Morgan fingerprint density at radius 3 is 2.33 bits per heavy atom. The van der Waals surface area contributed by atoms with Gasteiger partial charge >= 0.3 is 0 Å². The molecule has 0 aliphatic carbocycles. The largest absolute Gasteiger partial charge is 0.308 e. The standard InChI is InChI=1S/C27H25FN4O/c1-19(21-11-8-12-23(28)15-21)25-16-22(18-30-17-20-9-4-2-5-10-20)27(33)31-26(25)32(29)24-13-6-3-7-14-24/h2-16,30H,1,17-18,29H2,(H,31,33). The highest BCUT2D eigenvalue weighted by Gasteiger charge is 2.18. The Hall–Kier alpha value is -4.00. The van der Waals surface area contributed by atoms with Crippen molar-refractivity contribution in [2.75, 3.05) is 5.01 Å². The van der Waals surface area contributed by atoms with E-state index in [0.717, 1.165) is 5.56 Å². The Balaban J connectivity index is 1.70. The van der Waals surface area contributed by atoms with E-state index in [1.807, 2.05) is 60.7 Å². The van der Waals surface area contributed by atoms with Crippen molar-refractivity contribution < 1.29 is 4.39 Å². The third-order valence-corrected chi connectivity index (χ3v) is 5.36. The number of pyridine rings is 1. The number of nitrogens with one attached hydrogen (secondary N) is 2. The maximum absolute atomic E-state index is 13.9. The summed E-state index contributed by atoms with van der Waals surface area (Å²) in [6.07, 6.45) is 0. The summed E-state index contributed by atoms with van der Waals surface area (Å²) < 4.78 is 13.9. The van der Waals surface area contributed by atoms with Crippen LogP contribution in [-0.2, 0) is 13.1 Å². The van der Waals surface area contributed by atoms with E-state index in [9.17, 15) is 9.18 Å². The van der Waals surface area contributed by atoms with Gasteiger partial charge in [-0.3, -0.25) is 9.80 Å². The first-order valence-electron chi connectivity index (χ1n) is 10.6. The van der Waals surface area contributed by atoms with Crippen molar-refractivity contribution in [3.8, 4) is 0 Å². The fourth-order valence-electron chi connectivity index (χ4n) is 3.60. The van der Waals surface area contributed by atoms with E-state index in [1.165, 1.54) is 17.1 Å². The number of para-hydroxylation sites is 1. The van der Waals surface area contributed by atoms with E-state index in [1.54, 1.807) is 18.2 Å². The maximum Gasteiger partial charge on any atom is 0.254 e. The highest BCUT2D eigenvalue weighted by Crippen LogP contribution is 2.31. The number of halogens is 1. The molecule has 1 aromatic heterocycles. The van der Waals surface area contributed by atoms with Crippen LogP contribution < -0.4 is 21.7 Å². The third kappa shape index (κ3) is 5.26. The molecular formula is C27H25FN4O. The van der Waals surface area contributed by atoms with Gasteiger partial charge in [-0.25, -0.2) is 10.2 Å². The molecule has 0 atom stereocenters. The molecule has 0 aliphatic rings. The van der Waals surface area contributed by atoms with Crippen molar-refractivity contribution in [2.24, 2.45) is 5.84 Å². The van der Waals surface area contributed by atoms with Crippen molar-refractivity contribution in [3.05, 3.63) is 136 Å². The topological polar surface area (TPSA) is 74.2 Å². The number of benzene rings is 3. The molecule has 0 fully saturated rings. The molecule has 4 rings (SSSR count). The molecule has 0 saturated heterocycles. The molecule has 5 nitrogen and oxygen atoms in total. The molecular weight excluding hydrogens is 415 g/mol. The number of nitrogens with zero attached hydrogens (tertiary/aromatic N) is 1. The van der Waals surface area contributed by atoms with Crippen molar-refractivity contribution in [2.45, 2.75) is 13.1 Å². The number of hydrogen-bond donors (Lipinski definition) is 3. The summed E-state index contributed by atoms with van der Waals surface area (Å²) in [6, 6.07) is 27.2. The van der Waals surface area contributed by atoms with Crippen LogP contribution in [0.5, 0.6) is 0 Å². The van der Waals surface area contributed by atoms with Gasteiger partial charge in [-0.15, -0.1) is 0 Å². The summed E-state index contributed by atoms with van der Waals surface area (Å²) in [7, 11) is 0. The number of hydrogen-bond acceptors (Lipinski definition) is 4. The van der Waals surface area contributed by atoms with Crippen LogP contribution >= 0.6 is 0 Å². The van der Waals surface area contributed by atoms with E-state index >= 15 is 0 Å². The molecule has 0 radical (unpaired) electrons. The molecule has 4 aromatic rings. The number of rotatable bonds is 8. The van der Waals surface area contributed by atoms with Crippen LogP contribution in [0.2, 0.25) is 0 Å². The number of aromatic nitrogens is 1. The predicted octanol–water partition coefficient (Wildman–Crippen LogP) is 4.88. The molecule has 0 spiro atoms. The molecule has 0 saturated carbocycles. The summed E-state index contributed by atoms with van der Waals surface area (Å²) in [5.74, 6) is 6.41. The van der Waals surface area contributed by atoms with Gasteiger partial charge in [-0.1, -0.05) is 67.2 Å². The van der Waals surface area contributed by atoms with E-state index in [0.29, 0.717) is 46.9 Å². The average molecular weight is 441 g/mol. The second kappa shape index (κ2) is 10.1. The lowest BCUT2D eigenvalue weighted by Crippen LogP contribution is -2.31. The molecule has 4 N–H and O–H groups in total. The van der Waals surface area contributed by atoms with Crippen LogP contribution in [0.3, 0.4) is 0 Å². The first-order chi connectivity index (χ1) is 16.0. The zero-order chi connectivity index (χ0) is 23.2. The Labute approximate surface area is 192 Å². The summed E-state index contributed by atoms with van der Waals surface area (Å²) in [5, 5.41) is 4.70. The van der Waals surface area contributed by atoms with Crippen molar-refractivity contribution in [3.63, 3.8) is 0 Å². The highest BCUT2D eigenvalue weighted by atomic mass is 19.1. The van der Waals surface area contributed by atoms with Gasteiger partial charge in [0.1, 0.15) is 11.6 Å². The molecule has 3 aromatic carbocycles. The normalized spacial score (nSPS) is 10.7. The second-order valence-corrected chi connectivity index (χ2v) is 7.67. The van der Waals surface area contributed by atoms with Gasteiger partial charge in [0.2, 0.25) is 0 Å². The van der Waals surface area contributed by atoms with E-state index in [4.69, 9.17) is 5.84 Å². The van der Waals surface area contributed by atoms with Crippen molar-refractivity contribution in [1.29, 1.82) is 0 Å². The molecule has 0 aliphatic heterocycles. The van der Waals surface area contributed by atoms with E-state index in [-0.39, 0.29) is 11.4 Å². The van der Waals surface area contributed by atoms with Crippen molar-refractivity contribution >= 4 is 17.1 Å². The lowest BCUT2D eigenvalue weighted by atomic mass is 9.98. The Kier molecular flexibility index (Phi) is 6.78. The smallest absolute Gasteiger partial charge is 0.254 e. The van der Waals surface area contributed by atoms with Gasteiger partial charge < -0.3 is 10.3 Å². The molecule has 0 bridgehead atoms. The monoisotopic (exact) mass is 440 g/mol. The Morgan fingerprint density at radius 2 is 1.64 bits per heavy atom. The van der Waals surface area contributed by atoms with Gasteiger partial charge in [0, 0.05) is 24.2 Å². The van der Waals surface area contributed by atoms with Gasteiger partial charge in [-0.05, 0) is 47.0 Å². The minimum absolute atomic E-state index is 0.257. The lowest BCUT2D eigenvalue weighted by molar-refractivity contribution is 0.627. The second-order valence-electron chi connectivity index (χ2n) is 7.67. The first kappa shape index (κ1) is 22.2. The summed E-state index contributed by atoms with van der Waals surface area (Å²) >= 11 is 0. The highest BCUT2D eigenvalue weighted by molar-refractivity contribution is 5.85. The van der Waals surface area contributed by atoms with Crippen LogP contribution in [-0.4, -0.2) is 4.98 Å². The summed E-state index contributed by atoms with van der Waals surface area (Å²) in [6.45, 7) is 5.15. The number of hydrazine groups is 1. The number of nitrogens with two attached hydrogens (primary N) is 1. The number of anilines is 2. The summed E-state index contributed by atoms with van der Waals surface area (Å²) in [5.41, 5.74) is 3.85. The fourth-order valence-corrected chi connectivity index (χ4v) is 3.60. The zero-order valence-electron chi connectivity index (χ0n) is 18.1. The molecule has 6 heteroatoms. The molecule has 0 amide bonds. The third-order valence-electron chi connectivity index (χ3n) is 5.36. The minimum atomic E-state index is -0.364. The SMILES string of the molecule is C=C(c1cccc(F)c1)c1cc(CNCc2ccccc2)c(=O)[nH]c1N(N)c1ccccc1. The quantitative estimate of drug-likeness (QED) is 0.270. The molecule has 33 heavy (non-hydrogen) atoms. The van der Waals surface area contributed by atoms with Gasteiger partial charge in [0.05, 0.1) is 5.69 Å². The van der Waals surface area contributed by atoms with E-state index < -0.39 is 0 Å². The van der Waals surface area contributed by atoms with Gasteiger partial charge in [-0.2, -0.15) is 0 Å². The van der Waals surface area contributed by atoms with Crippen LogP contribution in [0.1, 0.15) is 22.3 Å². The van der Waals surface area contributed by atoms with E-state index in [2.05, 4.69) is 16.9 Å². The number of aromatic amines is 1. The van der Waals surface area contributed by atoms with Gasteiger partial charge in [0.15, 0.2) is 0 Å². The van der Waals surface area contributed by atoms with Crippen LogP contribution in [0, 0.1) is 5.82 Å². The number of H-pyrrole nitrogens is 1. The van der Waals surface area contributed by atoms with Crippen LogP contribution in [0.4, 0.5) is 15.9 Å². The molecule has 166 valence electrons. The average Bonchev–Trinajstić information content (AvgIpc) is 2.85. The Bertz CT molecular complexity index is 1300. The van der Waals surface area contributed by atoms with Crippen LogP contribution in [0.25, 0.3) is 5.57 Å². The minimum Gasteiger partial charge on any atom is -0.308 e. The van der Waals surface area contributed by atoms with Crippen LogP contribution in [0.15, 0.2) is 102 Å².